The number of rotatable bonds is 4. The fraction of sp³-hybridized carbons (Fsp3) is 0.514. The molecule has 0 saturated carbocycles. The molecule has 2 aliphatic rings. The molecule has 4 heterocycles. The molecule has 5 rings (SSSR count). The van der Waals surface area contributed by atoms with E-state index in [9.17, 15) is 19.2 Å². The molecule has 15 heteroatoms. The number of nitrogens with one attached hydrogen (secondary N) is 2. The molecule has 0 aliphatic carbocycles. The number of aryl methyl sites for hydroxylation is 1. The molecule has 1 saturated heterocycles. The van der Waals surface area contributed by atoms with Crippen molar-refractivity contribution in [3.8, 4) is 11.1 Å². The lowest BCUT2D eigenvalue weighted by Crippen LogP contribution is -2.56. The largest absolute Gasteiger partial charge is 0.444 e. The van der Waals surface area contributed by atoms with Crippen LogP contribution in [0, 0.1) is 12.7 Å². The zero-order valence-corrected chi connectivity index (χ0v) is 31.4. The number of carbonyl (C=O) groups is 4. The van der Waals surface area contributed by atoms with Gasteiger partial charge in [-0.15, -0.1) is 0 Å². The van der Waals surface area contributed by atoms with Crippen molar-refractivity contribution in [2.45, 2.75) is 105 Å². The van der Waals surface area contributed by atoms with Crippen molar-refractivity contribution in [3.63, 3.8) is 0 Å². The number of anilines is 3. The summed E-state index contributed by atoms with van der Waals surface area (Å²) in [6.07, 6.45) is 0.918. The minimum absolute atomic E-state index is 0.0810. The third kappa shape index (κ3) is 8.98. The highest BCUT2D eigenvalue weighted by Crippen LogP contribution is 2.41. The summed E-state index contributed by atoms with van der Waals surface area (Å²) in [4.78, 5) is 63.1. The molecule has 2 N–H and O–H groups in total. The Hall–Kier alpha value is -5.21. The average molecular weight is 723 g/mol. The fourth-order valence-electron chi connectivity index (χ4n) is 5.81. The first-order valence-corrected chi connectivity index (χ1v) is 17.2. The SMILES string of the molecule is Cc1c(-c2cc3cc(NC(=O)OC4CN(C(=O)OC(C)(C)C)C4)ncc3c(NC(=O)OC(C)(C)C)c2F)cnc2c1N(C(=O)OC(C)(C)C)CCC2. The quantitative estimate of drug-likeness (QED) is 0.253. The number of amides is 4. The lowest BCUT2D eigenvalue weighted by Gasteiger charge is -2.38. The second-order valence-corrected chi connectivity index (χ2v) is 15.9. The van der Waals surface area contributed by atoms with Crippen LogP contribution in [0.2, 0.25) is 0 Å². The first-order chi connectivity index (χ1) is 24.1. The summed E-state index contributed by atoms with van der Waals surface area (Å²) in [6.45, 7) is 18.2. The van der Waals surface area contributed by atoms with Crippen LogP contribution < -0.4 is 15.5 Å². The first kappa shape index (κ1) is 38.0. The maximum absolute atomic E-state index is 16.7. The summed E-state index contributed by atoms with van der Waals surface area (Å²) in [6, 6.07) is 3.08. The number of ether oxygens (including phenoxy) is 4. The highest BCUT2D eigenvalue weighted by Gasteiger charge is 2.36. The lowest BCUT2D eigenvalue weighted by atomic mass is 9.94. The predicted octanol–water partition coefficient (Wildman–Crippen LogP) is 7.95. The van der Waals surface area contributed by atoms with Gasteiger partial charge in [0.2, 0.25) is 0 Å². The van der Waals surface area contributed by atoms with Gasteiger partial charge in [0.05, 0.1) is 30.2 Å². The van der Waals surface area contributed by atoms with Gasteiger partial charge >= 0.3 is 24.4 Å². The molecule has 0 unspecified atom stereocenters. The van der Waals surface area contributed by atoms with E-state index in [1.807, 2.05) is 0 Å². The zero-order valence-electron chi connectivity index (χ0n) is 31.4. The fourth-order valence-corrected chi connectivity index (χ4v) is 5.81. The predicted molar refractivity (Wildman–Crippen MR) is 193 cm³/mol. The number of aromatic nitrogens is 2. The maximum atomic E-state index is 16.7. The Kier molecular flexibility index (Phi) is 10.3. The van der Waals surface area contributed by atoms with Gasteiger partial charge in [-0.2, -0.15) is 0 Å². The number of halogens is 1. The molecule has 3 aromatic rings. The van der Waals surface area contributed by atoms with Crippen molar-refractivity contribution in [2.24, 2.45) is 0 Å². The normalized spacial score (nSPS) is 15.0. The molecular weight excluding hydrogens is 675 g/mol. The molecule has 0 atom stereocenters. The second-order valence-electron chi connectivity index (χ2n) is 15.9. The van der Waals surface area contributed by atoms with E-state index < -0.39 is 53.1 Å². The molecule has 0 radical (unpaired) electrons. The van der Waals surface area contributed by atoms with E-state index in [1.54, 1.807) is 81.5 Å². The minimum atomic E-state index is -0.882. The molecular formula is C37H47FN6O8. The van der Waals surface area contributed by atoms with E-state index >= 15 is 4.39 Å². The van der Waals surface area contributed by atoms with Crippen LogP contribution in [0.5, 0.6) is 0 Å². The number of hydrogen-bond donors (Lipinski definition) is 2. The van der Waals surface area contributed by atoms with Crippen molar-refractivity contribution in [1.29, 1.82) is 0 Å². The van der Waals surface area contributed by atoms with E-state index in [0.717, 1.165) is 0 Å². The zero-order chi connectivity index (χ0) is 38.3. The maximum Gasteiger partial charge on any atom is 0.414 e. The summed E-state index contributed by atoms with van der Waals surface area (Å²) in [5, 5.41) is 5.78. The molecule has 280 valence electrons. The minimum Gasteiger partial charge on any atom is -0.444 e. The van der Waals surface area contributed by atoms with E-state index in [1.165, 1.54) is 22.1 Å². The Morgan fingerprint density at radius 3 is 2.08 bits per heavy atom. The molecule has 2 aliphatic heterocycles. The third-order valence-corrected chi connectivity index (χ3v) is 7.94. The van der Waals surface area contributed by atoms with Gasteiger partial charge in [0, 0.05) is 35.5 Å². The van der Waals surface area contributed by atoms with Crippen LogP contribution in [-0.4, -0.2) is 81.8 Å². The van der Waals surface area contributed by atoms with Gasteiger partial charge in [-0.3, -0.25) is 20.5 Å². The Labute approximate surface area is 302 Å². The number of carbonyl (C=O) groups excluding carboxylic acids is 4. The van der Waals surface area contributed by atoms with Crippen LogP contribution in [-0.2, 0) is 25.4 Å². The molecule has 52 heavy (non-hydrogen) atoms. The molecule has 2 aromatic heterocycles. The molecule has 1 aromatic carbocycles. The number of likely N-dealkylation sites (tertiary alicyclic amines) is 1. The van der Waals surface area contributed by atoms with Gasteiger partial charge < -0.3 is 23.8 Å². The summed E-state index contributed by atoms with van der Waals surface area (Å²) >= 11 is 0. The second kappa shape index (κ2) is 14.1. The van der Waals surface area contributed by atoms with E-state index in [0.29, 0.717) is 47.3 Å². The van der Waals surface area contributed by atoms with Gasteiger partial charge in [-0.05, 0) is 105 Å². The average Bonchev–Trinajstić information content (AvgIpc) is 2.97. The highest BCUT2D eigenvalue weighted by atomic mass is 19.1. The smallest absolute Gasteiger partial charge is 0.414 e. The molecule has 4 amide bonds. The van der Waals surface area contributed by atoms with Crippen molar-refractivity contribution in [3.05, 3.63) is 41.6 Å². The van der Waals surface area contributed by atoms with Crippen LogP contribution in [0.15, 0.2) is 24.5 Å². The van der Waals surface area contributed by atoms with Crippen LogP contribution in [0.25, 0.3) is 21.9 Å². The van der Waals surface area contributed by atoms with E-state index in [2.05, 4.69) is 20.6 Å². The standard InChI is InChI=1S/C37H47FN6O8/c1-20-24(16-39-26-12-11-13-44(30(20)26)34(48)52-37(8,9)10)23-14-21-15-27(40-17-25(21)29(28(23)38)42-32(46)50-35(2,3)4)41-31(45)49-22-18-43(19-22)33(47)51-36(5,6)7/h14-17,22H,11-13,18-19H2,1-10H3,(H,42,46)(H,40,41,45). The van der Waals surface area contributed by atoms with Gasteiger partial charge in [0.15, 0.2) is 5.82 Å². The number of benzene rings is 1. The number of nitrogens with zero attached hydrogens (tertiary/aromatic N) is 4. The summed E-state index contributed by atoms with van der Waals surface area (Å²) < 4.78 is 38.6. The van der Waals surface area contributed by atoms with Gasteiger partial charge in [0.25, 0.3) is 0 Å². The summed E-state index contributed by atoms with van der Waals surface area (Å²) in [7, 11) is 0. The molecule has 0 bridgehead atoms. The lowest BCUT2D eigenvalue weighted by molar-refractivity contribution is -0.0339. The Balaban J connectivity index is 1.48. The first-order valence-electron chi connectivity index (χ1n) is 17.2. The van der Waals surface area contributed by atoms with Gasteiger partial charge in [-0.25, -0.2) is 28.6 Å². The van der Waals surface area contributed by atoms with Crippen LogP contribution in [0.3, 0.4) is 0 Å². The van der Waals surface area contributed by atoms with Crippen molar-refractivity contribution >= 4 is 52.3 Å². The highest BCUT2D eigenvalue weighted by molar-refractivity contribution is 6.04. The van der Waals surface area contributed by atoms with Crippen molar-refractivity contribution < 1.29 is 42.5 Å². The number of fused-ring (bicyclic) bond motifs is 2. The Morgan fingerprint density at radius 1 is 0.808 bits per heavy atom. The van der Waals surface area contributed by atoms with Crippen LogP contribution in [0.1, 0.15) is 80.0 Å². The summed E-state index contributed by atoms with van der Waals surface area (Å²) in [5.41, 5.74) is -0.160. The molecule has 0 spiro atoms. The monoisotopic (exact) mass is 722 g/mol. The topological polar surface area (TPSA) is 162 Å². The number of hydrogen-bond acceptors (Lipinski definition) is 10. The van der Waals surface area contributed by atoms with Crippen LogP contribution in [0.4, 0.5) is 40.8 Å². The Morgan fingerprint density at radius 2 is 1.44 bits per heavy atom. The van der Waals surface area contributed by atoms with Gasteiger partial charge in [-0.1, -0.05) is 0 Å². The molecule has 1 fully saturated rings. The summed E-state index contributed by atoms with van der Waals surface area (Å²) in [5.74, 6) is -0.678. The molecule has 14 nitrogen and oxygen atoms in total. The van der Waals surface area contributed by atoms with E-state index in [-0.39, 0.29) is 35.5 Å². The number of pyridine rings is 2. The Bertz CT molecular complexity index is 1910. The van der Waals surface area contributed by atoms with Crippen molar-refractivity contribution in [1.82, 2.24) is 14.9 Å². The van der Waals surface area contributed by atoms with Crippen LogP contribution >= 0.6 is 0 Å². The van der Waals surface area contributed by atoms with E-state index in [4.69, 9.17) is 18.9 Å². The van der Waals surface area contributed by atoms with Gasteiger partial charge in [0.1, 0.15) is 28.7 Å². The van der Waals surface area contributed by atoms with Crippen molar-refractivity contribution in [2.75, 3.05) is 35.2 Å². The third-order valence-electron chi connectivity index (χ3n) is 7.94.